The van der Waals surface area contributed by atoms with E-state index in [4.69, 9.17) is 4.74 Å². The lowest BCUT2D eigenvalue weighted by atomic mass is 10.1. The second kappa shape index (κ2) is 7.05. The van der Waals surface area contributed by atoms with Gasteiger partial charge in [0.05, 0.1) is 18.8 Å². The molecule has 0 spiro atoms. The van der Waals surface area contributed by atoms with E-state index < -0.39 is 0 Å². The van der Waals surface area contributed by atoms with Crippen LogP contribution in [0.5, 0.6) is 0 Å². The first-order valence-corrected chi connectivity index (χ1v) is 6.53. The van der Waals surface area contributed by atoms with Crippen molar-refractivity contribution in [3.05, 3.63) is 34.3 Å². The fraction of sp³-hybridized carbons (Fsp3) is 0.538. The minimum Gasteiger partial charge on any atom is -0.377 e. The molecule has 0 bridgehead atoms. The molecule has 0 aliphatic rings. The van der Waals surface area contributed by atoms with E-state index in [1.54, 1.807) is 0 Å². The van der Waals surface area contributed by atoms with Crippen molar-refractivity contribution in [3.8, 4) is 0 Å². The second-order valence-corrected chi connectivity index (χ2v) is 4.87. The minimum atomic E-state index is 0.253. The summed E-state index contributed by atoms with van der Waals surface area (Å²) < 4.78 is 6.82. The maximum absolute atomic E-state index is 5.68. The van der Waals surface area contributed by atoms with Crippen molar-refractivity contribution in [1.82, 2.24) is 5.32 Å². The lowest BCUT2D eigenvalue weighted by Crippen LogP contribution is -2.26. The molecule has 0 radical (unpaired) electrons. The molecule has 16 heavy (non-hydrogen) atoms. The van der Waals surface area contributed by atoms with Gasteiger partial charge >= 0.3 is 0 Å². The zero-order valence-electron chi connectivity index (χ0n) is 10.2. The van der Waals surface area contributed by atoms with Gasteiger partial charge in [-0.25, -0.2) is 0 Å². The second-order valence-electron chi connectivity index (χ2n) is 4.01. The molecule has 0 aromatic heterocycles. The van der Waals surface area contributed by atoms with Crippen molar-refractivity contribution in [1.29, 1.82) is 0 Å². The first kappa shape index (κ1) is 13.7. The minimum absolute atomic E-state index is 0.253. The normalized spacial score (nSPS) is 13.1. The Labute approximate surface area is 107 Å². The van der Waals surface area contributed by atoms with Crippen LogP contribution in [0.15, 0.2) is 28.7 Å². The van der Waals surface area contributed by atoms with Crippen LogP contribution in [0.4, 0.5) is 0 Å². The number of nitrogens with one attached hydrogen (secondary N) is 1. The Balaban J connectivity index is 2.73. The van der Waals surface area contributed by atoms with E-state index in [0.717, 1.165) is 11.0 Å². The molecule has 0 saturated heterocycles. The molecule has 1 rings (SSSR count). The highest BCUT2D eigenvalue weighted by Crippen LogP contribution is 2.23. The third-order valence-electron chi connectivity index (χ3n) is 2.33. The molecule has 1 aromatic carbocycles. The van der Waals surface area contributed by atoms with E-state index in [1.165, 1.54) is 5.56 Å². The summed E-state index contributed by atoms with van der Waals surface area (Å²) in [4.78, 5) is 0. The van der Waals surface area contributed by atoms with E-state index in [0.29, 0.717) is 6.61 Å². The fourth-order valence-corrected chi connectivity index (χ4v) is 2.11. The standard InChI is InChI=1S/C13H20BrNO/c1-4-15-13(9-16-10(2)3)11-7-5-6-8-12(11)14/h5-8,10,13,15H,4,9H2,1-3H3. The van der Waals surface area contributed by atoms with E-state index in [1.807, 2.05) is 6.07 Å². The topological polar surface area (TPSA) is 21.3 Å². The molecule has 0 aliphatic carbocycles. The van der Waals surface area contributed by atoms with Crippen LogP contribution in [0.1, 0.15) is 32.4 Å². The quantitative estimate of drug-likeness (QED) is 0.864. The summed E-state index contributed by atoms with van der Waals surface area (Å²) in [7, 11) is 0. The van der Waals surface area contributed by atoms with E-state index in [-0.39, 0.29) is 12.1 Å². The molecule has 0 fully saturated rings. The third kappa shape index (κ3) is 4.24. The number of rotatable bonds is 6. The van der Waals surface area contributed by atoms with Crippen molar-refractivity contribution >= 4 is 15.9 Å². The van der Waals surface area contributed by atoms with Crippen molar-refractivity contribution in [3.63, 3.8) is 0 Å². The summed E-state index contributed by atoms with van der Waals surface area (Å²) in [6.45, 7) is 7.87. The van der Waals surface area contributed by atoms with Crippen LogP contribution >= 0.6 is 15.9 Å². The van der Waals surface area contributed by atoms with Gasteiger partial charge in [0.2, 0.25) is 0 Å². The fourth-order valence-electron chi connectivity index (χ4n) is 1.55. The van der Waals surface area contributed by atoms with E-state index in [2.05, 4.69) is 60.2 Å². The Hall–Kier alpha value is -0.380. The SMILES string of the molecule is CCNC(COC(C)C)c1ccccc1Br. The smallest absolute Gasteiger partial charge is 0.0665 e. The highest BCUT2D eigenvalue weighted by atomic mass is 79.9. The van der Waals surface area contributed by atoms with Gasteiger partial charge in [-0.1, -0.05) is 41.1 Å². The largest absolute Gasteiger partial charge is 0.377 e. The Kier molecular flexibility index (Phi) is 6.03. The number of ether oxygens (including phenoxy) is 1. The van der Waals surface area contributed by atoms with Crippen LogP contribution in [-0.4, -0.2) is 19.3 Å². The molecule has 3 heteroatoms. The Bertz CT molecular complexity index is 315. The summed E-state index contributed by atoms with van der Waals surface area (Å²) in [5.41, 5.74) is 1.25. The predicted molar refractivity (Wildman–Crippen MR) is 71.6 cm³/mol. The van der Waals surface area contributed by atoms with Crippen LogP contribution in [0, 0.1) is 0 Å². The van der Waals surface area contributed by atoms with Crippen molar-refractivity contribution in [2.45, 2.75) is 32.9 Å². The van der Waals surface area contributed by atoms with Gasteiger partial charge in [0.1, 0.15) is 0 Å². The van der Waals surface area contributed by atoms with Gasteiger partial charge in [0, 0.05) is 4.47 Å². The average molecular weight is 286 g/mol. The summed E-state index contributed by atoms with van der Waals surface area (Å²) in [5, 5.41) is 3.44. The summed E-state index contributed by atoms with van der Waals surface area (Å²) in [6, 6.07) is 8.53. The van der Waals surface area contributed by atoms with Gasteiger partial charge in [-0.3, -0.25) is 0 Å². The van der Waals surface area contributed by atoms with Crippen LogP contribution in [0.2, 0.25) is 0 Å². The average Bonchev–Trinajstić information content (AvgIpc) is 2.25. The maximum atomic E-state index is 5.68. The predicted octanol–water partition coefficient (Wildman–Crippen LogP) is 3.52. The molecule has 0 saturated carbocycles. The van der Waals surface area contributed by atoms with Gasteiger partial charge in [0.15, 0.2) is 0 Å². The van der Waals surface area contributed by atoms with Crippen molar-refractivity contribution in [2.24, 2.45) is 0 Å². The molecule has 0 heterocycles. The van der Waals surface area contributed by atoms with Gasteiger partial charge in [-0.05, 0) is 32.0 Å². The summed E-state index contributed by atoms with van der Waals surface area (Å²) >= 11 is 3.58. The van der Waals surface area contributed by atoms with Crippen LogP contribution in [0.3, 0.4) is 0 Å². The Morgan fingerprint density at radius 2 is 2.00 bits per heavy atom. The van der Waals surface area contributed by atoms with Crippen molar-refractivity contribution < 1.29 is 4.74 Å². The third-order valence-corrected chi connectivity index (χ3v) is 3.05. The van der Waals surface area contributed by atoms with E-state index >= 15 is 0 Å². The molecule has 90 valence electrons. The molecular weight excluding hydrogens is 266 g/mol. The lowest BCUT2D eigenvalue weighted by molar-refractivity contribution is 0.0613. The molecule has 0 aliphatic heterocycles. The number of likely N-dealkylation sites (N-methyl/N-ethyl adjacent to an activating group) is 1. The zero-order valence-corrected chi connectivity index (χ0v) is 11.8. The molecule has 1 unspecified atom stereocenters. The first-order valence-electron chi connectivity index (χ1n) is 5.74. The highest BCUT2D eigenvalue weighted by molar-refractivity contribution is 9.10. The molecular formula is C13H20BrNO. The zero-order chi connectivity index (χ0) is 12.0. The number of hydrogen-bond acceptors (Lipinski definition) is 2. The molecule has 1 atom stereocenters. The maximum Gasteiger partial charge on any atom is 0.0665 e. The molecule has 2 nitrogen and oxygen atoms in total. The van der Waals surface area contributed by atoms with E-state index in [9.17, 15) is 0 Å². The van der Waals surface area contributed by atoms with Crippen LogP contribution in [0.25, 0.3) is 0 Å². The Morgan fingerprint density at radius 3 is 2.56 bits per heavy atom. The van der Waals surface area contributed by atoms with Gasteiger partial charge in [-0.15, -0.1) is 0 Å². The molecule has 0 amide bonds. The van der Waals surface area contributed by atoms with Gasteiger partial charge < -0.3 is 10.1 Å². The monoisotopic (exact) mass is 285 g/mol. The first-order chi connectivity index (χ1) is 7.65. The van der Waals surface area contributed by atoms with Crippen molar-refractivity contribution in [2.75, 3.05) is 13.2 Å². The summed E-state index contributed by atoms with van der Waals surface area (Å²) in [5.74, 6) is 0. The molecule has 1 aromatic rings. The lowest BCUT2D eigenvalue weighted by Gasteiger charge is -2.21. The van der Waals surface area contributed by atoms with Gasteiger partial charge in [-0.2, -0.15) is 0 Å². The summed E-state index contributed by atoms with van der Waals surface area (Å²) in [6.07, 6.45) is 0.267. The van der Waals surface area contributed by atoms with Crippen LogP contribution in [-0.2, 0) is 4.74 Å². The highest BCUT2D eigenvalue weighted by Gasteiger charge is 2.13. The molecule has 1 N–H and O–H groups in total. The van der Waals surface area contributed by atoms with Gasteiger partial charge in [0.25, 0.3) is 0 Å². The Morgan fingerprint density at radius 1 is 1.31 bits per heavy atom. The van der Waals surface area contributed by atoms with Crippen LogP contribution < -0.4 is 5.32 Å². The number of hydrogen-bond donors (Lipinski definition) is 1. The number of benzene rings is 1. The number of halogens is 1.